The van der Waals surface area contributed by atoms with Crippen molar-refractivity contribution in [3.8, 4) is 11.5 Å². The zero-order valence-electron chi connectivity index (χ0n) is 12.4. The first kappa shape index (κ1) is 15.4. The minimum Gasteiger partial charge on any atom is -0.486 e. The Labute approximate surface area is 136 Å². The average molecular weight is 325 g/mol. The average Bonchev–Trinajstić information content (AvgIpc) is 3.08. The molecule has 3 atom stereocenters. The number of halogens is 1. The molecule has 0 aromatic heterocycles. The van der Waals surface area contributed by atoms with Gasteiger partial charge in [-0.3, -0.25) is 4.79 Å². The highest BCUT2D eigenvalue weighted by atomic mass is 35.5. The predicted octanol–water partition coefficient (Wildman–Crippen LogP) is 1.69. The molecule has 22 heavy (non-hydrogen) atoms. The second kappa shape index (κ2) is 5.97. The van der Waals surface area contributed by atoms with Crippen LogP contribution in [-0.4, -0.2) is 43.2 Å². The van der Waals surface area contributed by atoms with Gasteiger partial charge in [0.2, 0.25) is 0 Å². The minimum atomic E-state index is 0. The second-order valence-corrected chi connectivity index (χ2v) is 6.21. The van der Waals surface area contributed by atoms with Crippen LogP contribution < -0.4 is 15.2 Å². The maximum absolute atomic E-state index is 12.8. The first-order chi connectivity index (χ1) is 10.2. The van der Waals surface area contributed by atoms with Crippen molar-refractivity contribution in [2.24, 2.45) is 17.6 Å². The van der Waals surface area contributed by atoms with Gasteiger partial charge in [-0.05, 0) is 36.8 Å². The van der Waals surface area contributed by atoms with Crippen molar-refractivity contribution in [2.75, 3.05) is 26.3 Å². The molecule has 0 radical (unpaired) electrons. The van der Waals surface area contributed by atoms with Crippen LogP contribution in [0.3, 0.4) is 0 Å². The third kappa shape index (κ3) is 2.42. The quantitative estimate of drug-likeness (QED) is 0.853. The molecule has 6 heteroatoms. The topological polar surface area (TPSA) is 64.8 Å². The zero-order chi connectivity index (χ0) is 14.4. The molecule has 1 aliphatic carbocycles. The van der Waals surface area contributed by atoms with E-state index in [9.17, 15) is 4.79 Å². The highest BCUT2D eigenvalue weighted by Crippen LogP contribution is 2.39. The summed E-state index contributed by atoms with van der Waals surface area (Å²) in [6.45, 7) is 2.62. The minimum absolute atomic E-state index is 0. The SMILES string of the molecule is Cl.NC1CCC2CN(C(=O)c3cccc4c3OCCO4)CC12. The van der Waals surface area contributed by atoms with Crippen LogP contribution in [0.2, 0.25) is 0 Å². The number of amides is 1. The van der Waals surface area contributed by atoms with E-state index in [0.29, 0.717) is 42.1 Å². The molecular formula is C16H21ClN2O3. The summed E-state index contributed by atoms with van der Waals surface area (Å²) < 4.78 is 11.2. The van der Waals surface area contributed by atoms with Crippen LogP contribution in [0, 0.1) is 11.8 Å². The number of nitrogens with two attached hydrogens (primary N) is 1. The summed E-state index contributed by atoms with van der Waals surface area (Å²) in [7, 11) is 0. The monoisotopic (exact) mass is 324 g/mol. The van der Waals surface area contributed by atoms with Gasteiger partial charge in [-0.1, -0.05) is 6.07 Å². The number of carbonyl (C=O) groups is 1. The Balaban J connectivity index is 0.00000144. The number of rotatable bonds is 1. The van der Waals surface area contributed by atoms with Crippen molar-refractivity contribution < 1.29 is 14.3 Å². The van der Waals surface area contributed by atoms with Crippen LogP contribution in [0.5, 0.6) is 11.5 Å². The van der Waals surface area contributed by atoms with Crippen LogP contribution in [0.4, 0.5) is 0 Å². The molecular weight excluding hydrogens is 304 g/mol. The molecule has 1 saturated heterocycles. The van der Waals surface area contributed by atoms with Crippen molar-refractivity contribution in [3.05, 3.63) is 23.8 Å². The van der Waals surface area contributed by atoms with Crippen molar-refractivity contribution in [3.63, 3.8) is 0 Å². The molecule has 2 N–H and O–H groups in total. The first-order valence-electron chi connectivity index (χ1n) is 7.67. The molecule has 2 heterocycles. The molecule has 120 valence electrons. The maximum atomic E-state index is 12.8. The van der Waals surface area contributed by atoms with Gasteiger partial charge in [-0.2, -0.15) is 0 Å². The van der Waals surface area contributed by atoms with E-state index < -0.39 is 0 Å². The second-order valence-electron chi connectivity index (χ2n) is 6.21. The Morgan fingerprint density at radius 2 is 2.00 bits per heavy atom. The molecule has 3 unspecified atom stereocenters. The van der Waals surface area contributed by atoms with Crippen LogP contribution in [-0.2, 0) is 0 Å². The van der Waals surface area contributed by atoms with Crippen molar-refractivity contribution >= 4 is 18.3 Å². The van der Waals surface area contributed by atoms with E-state index >= 15 is 0 Å². The largest absolute Gasteiger partial charge is 0.486 e. The molecule has 2 aliphatic heterocycles. The number of ether oxygens (including phenoxy) is 2. The highest BCUT2D eigenvalue weighted by Gasteiger charge is 2.43. The predicted molar refractivity (Wildman–Crippen MR) is 84.8 cm³/mol. The maximum Gasteiger partial charge on any atom is 0.257 e. The lowest BCUT2D eigenvalue weighted by atomic mass is 9.98. The van der Waals surface area contributed by atoms with E-state index in [2.05, 4.69) is 0 Å². The molecule has 1 aromatic rings. The molecule has 1 amide bonds. The van der Waals surface area contributed by atoms with E-state index in [-0.39, 0.29) is 24.4 Å². The summed E-state index contributed by atoms with van der Waals surface area (Å²) in [5, 5.41) is 0. The summed E-state index contributed by atoms with van der Waals surface area (Å²) in [6.07, 6.45) is 2.23. The van der Waals surface area contributed by atoms with Crippen molar-refractivity contribution in [1.29, 1.82) is 0 Å². The molecule has 1 saturated carbocycles. The normalized spacial score (nSPS) is 29.0. The fourth-order valence-electron chi connectivity index (χ4n) is 3.89. The van der Waals surface area contributed by atoms with Crippen LogP contribution in [0.1, 0.15) is 23.2 Å². The van der Waals surface area contributed by atoms with Crippen LogP contribution in [0.25, 0.3) is 0 Å². The zero-order valence-corrected chi connectivity index (χ0v) is 13.2. The Bertz CT molecular complexity index is 581. The highest BCUT2D eigenvalue weighted by molar-refractivity contribution is 5.98. The number of hydrogen-bond donors (Lipinski definition) is 1. The first-order valence-corrected chi connectivity index (χ1v) is 7.67. The summed E-state index contributed by atoms with van der Waals surface area (Å²) >= 11 is 0. The van der Waals surface area contributed by atoms with Crippen molar-refractivity contribution in [2.45, 2.75) is 18.9 Å². The lowest BCUT2D eigenvalue weighted by Gasteiger charge is -2.24. The molecule has 0 spiro atoms. The van der Waals surface area contributed by atoms with Gasteiger partial charge in [-0.25, -0.2) is 0 Å². The van der Waals surface area contributed by atoms with Gasteiger partial charge in [0.15, 0.2) is 11.5 Å². The number of benzene rings is 1. The van der Waals surface area contributed by atoms with E-state index in [1.165, 1.54) is 0 Å². The number of fused-ring (bicyclic) bond motifs is 2. The molecule has 4 rings (SSSR count). The van der Waals surface area contributed by atoms with Gasteiger partial charge in [0.1, 0.15) is 13.2 Å². The standard InChI is InChI=1S/C16H20N2O3.ClH/c17-13-5-4-10-8-18(9-12(10)13)16(19)11-2-1-3-14-15(11)21-7-6-20-14;/h1-3,10,12-13H,4-9,17H2;1H. The number of hydrogen-bond acceptors (Lipinski definition) is 4. The smallest absolute Gasteiger partial charge is 0.257 e. The van der Waals surface area contributed by atoms with E-state index in [4.69, 9.17) is 15.2 Å². The van der Waals surface area contributed by atoms with Gasteiger partial charge < -0.3 is 20.1 Å². The number of carbonyl (C=O) groups excluding carboxylic acids is 1. The van der Waals surface area contributed by atoms with Gasteiger partial charge in [-0.15, -0.1) is 12.4 Å². The lowest BCUT2D eigenvalue weighted by molar-refractivity contribution is 0.0769. The molecule has 2 fully saturated rings. The van der Waals surface area contributed by atoms with Crippen LogP contribution in [0.15, 0.2) is 18.2 Å². The van der Waals surface area contributed by atoms with Gasteiger partial charge in [0, 0.05) is 19.1 Å². The third-order valence-electron chi connectivity index (χ3n) is 5.00. The lowest BCUT2D eigenvalue weighted by Crippen LogP contribution is -2.34. The van der Waals surface area contributed by atoms with E-state index in [0.717, 1.165) is 25.9 Å². The summed E-state index contributed by atoms with van der Waals surface area (Å²) in [4.78, 5) is 14.7. The van der Waals surface area contributed by atoms with Gasteiger partial charge >= 0.3 is 0 Å². The Morgan fingerprint density at radius 3 is 2.82 bits per heavy atom. The summed E-state index contributed by atoms with van der Waals surface area (Å²) in [5.74, 6) is 2.34. The van der Waals surface area contributed by atoms with E-state index in [1.807, 2.05) is 23.1 Å². The fourth-order valence-corrected chi connectivity index (χ4v) is 3.89. The Kier molecular flexibility index (Phi) is 4.19. The Hall–Kier alpha value is -1.46. The molecule has 1 aromatic carbocycles. The summed E-state index contributed by atoms with van der Waals surface area (Å²) in [6, 6.07) is 5.77. The fraction of sp³-hybridized carbons (Fsp3) is 0.562. The Morgan fingerprint density at radius 1 is 1.18 bits per heavy atom. The number of nitrogens with zero attached hydrogens (tertiary/aromatic N) is 1. The molecule has 0 bridgehead atoms. The number of para-hydroxylation sites is 1. The number of likely N-dealkylation sites (tertiary alicyclic amines) is 1. The van der Waals surface area contributed by atoms with Crippen LogP contribution >= 0.6 is 12.4 Å². The molecule has 3 aliphatic rings. The van der Waals surface area contributed by atoms with Crippen molar-refractivity contribution in [1.82, 2.24) is 4.90 Å². The summed E-state index contributed by atoms with van der Waals surface area (Å²) in [5.41, 5.74) is 6.76. The van der Waals surface area contributed by atoms with Gasteiger partial charge in [0.05, 0.1) is 5.56 Å². The van der Waals surface area contributed by atoms with E-state index in [1.54, 1.807) is 0 Å². The third-order valence-corrected chi connectivity index (χ3v) is 5.00. The molecule has 5 nitrogen and oxygen atoms in total. The van der Waals surface area contributed by atoms with Gasteiger partial charge in [0.25, 0.3) is 5.91 Å².